The quantitative estimate of drug-likeness (QED) is 0.834. The van der Waals surface area contributed by atoms with Crippen molar-refractivity contribution in [3.63, 3.8) is 0 Å². The number of hydrogen-bond acceptors (Lipinski definition) is 2. The van der Waals surface area contributed by atoms with Crippen LogP contribution >= 0.6 is 0 Å². The van der Waals surface area contributed by atoms with Gasteiger partial charge in [0.2, 0.25) is 0 Å². The molecule has 1 atom stereocenters. The fraction of sp³-hybridized carbons (Fsp3) is 0.533. The average Bonchev–Trinajstić information content (AvgIpc) is 2.95. The van der Waals surface area contributed by atoms with E-state index in [0.717, 1.165) is 24.2 Å². The molecule has 94 valence electrons. The van der Waals surface area contributed by atoms with Crippen LogP contribution in [0.25, 0.3) is 0 Å². The van der Waals surface area contributed by atoms with Gasteiger partial charge in [-0.25, -0.2) is 0 Å². The van der Waals surface area contributed by atoms with Crippen molar-refractivity contribution in [1.82, 2.24) is 0 Å². The lowest BCUT2D eigenvalue weighted by Crippen LogP contribution is -2.12. The molecule has 1 fully saturated rings. The predicted molar refractivity (Wildman–Crippen MR) is 71.6 cm³/mol. The molecule has 0 radical (unpaired) electrons. The van der Waals surface area contributed by atoms with Gasteiger partial charge in [0.25, 0.3) is 0 Å². The van der Waals surface area contributed by atoms with Crippen LogP contribution in [0.3, 0.4) is 0 Å². The highest BCUT2D eigenvalue weighted by atomic mass is 32.2. The SMILES string of the molecule is N#CCC1(CS(=O)c2ccc3c(c2)CCC3)CC1. The zero-order chi connectivity index (χ0) is 12.6. The van der Waals surface area contributed by atoms with Crippen LogP contribution in [0.5, 0.6) is 0 Å². The van der Waals surface area contributed by atoms with Crippen LogP contribution in [0, 0.1) is 16.7 Å². The lowest BCUT2D eigenvalue weighted by atomic mass is 10.1. The van der Waals surface area contributed by atoms with Gasteiger partial charge in [0.1, 0.15) is 0 Å². The van der Waals surface area contributed by atoms with E-state index in [4.69, 9.17) is 5.26 Å². The standard InChI is InChI=1S/C15H17NOS/c16-9-8-15(6-7-15)11-18(17)14-5-4-12-2-1-3-13(12)10-14/h4-5,10H,1-3,6-8,11H2. The fourth-order valence-corrected chi connectivity index (χ4v) is 4.37. The maximum Gasteiger partial charge on any atom is 0.0627 e. The first kappa shape index (κ1) is 11.9. The number of nitriles is 1. The summed E-state index contributed by atoms with van der Waals surface area (Å²) in [5, 5.41) is 8.80. The van der Waals surface area contributed by atoms with E-state index in [-0.39, 0.29) is 5.41 Å². The number of rotatable bonds is 4. The van der Waals surface area contributed by atoms with E-state index in [2.05, 4.69) is 18.2 Å². The Balaban J connectivity index is 1.75. The van der Waals surface area contributed by atoms with E-state index in [9.17, 15) is 4.21 Å². The molecular formula is C15H17NOS. The molecule has 18 heavy (non-hydrogen) atoms. The Morgan fingerprint density at radius 3 is 2.78 bits per heavy atom. The van der Waals surface area contributed by atoms with E-state index >= 15 is 0 Å². The van der Waals surface area contributed by atoms with Gasteiger partial charge in [0, 0.05) is 17.1 Å². The number of aryl methyl sites for hydroxylation is 2. The summed E-state index contributed by atoms with van der Waals surface area (Å²) in [5.74, 6) is 0.666. The fourth-order valence-electron chi connectivity index (χ4n) is 2.77. The molecule has 1 saturated carbocycles. The van der Waals surface area contributed by atoms with Crippen LogP contribution in [0.1, 0.15) is 36.8 Å². The molecule has 0 aliphatic heterocycles. The van der Waals surface area contributed by atoms with E-state index in [1.165, 1.54) is 24.0 Å². The molecule has 1 aromatic carbocycles. The maximum absolute atomic E-state index is 12.4. The second kappa shape index (κ2) is 4.51. The van der Waals surface area contributed by atoms with E-state index < -0.39 is 10.8 Å². The highest BCUT2D eigenvalue weighted by Gasteiger charge is 2.43. The average molecular weight is 259 g/mol. The summed E-state index contributed by atoms with van der Waals surface area (Å²) in [6.45, 7) is 0. The predicted octanol–water partition coefficient (Wildman–Crippen LogP) is 2.98. The van der Waals surface area contributed by atoms with Gasteiger partial charge < -0.3 is 0 Å². The summed E-state index contributed by atoms with van der Waals surface area (Å²) in [6.07, 6.45) is 6.21. The largest absolute Gasteiger partial charge is 0.254 e. The summed E-state index contributed by atoms with van der Waals surface area (Å²) < 4.78 is 12.4. The van der Waals surface area contributed by atoms with Crippen LogP contribution in [0.2, 0.25) is 0 Å². The molecule has 3 heteroatoms. The van der Waals surface area contributed by atoms with Crippen LogP contribution in [0.4, 0.5) is 0 Å². The molecule has 0 N–H and O–H groups in total. The van der Waals surface area contributed by atoms with Crippen LogP contribution < -0.4 is 0 Å². The Morgan fingerprint density at radius 2 is 2.06 bits per heavy atom. The van der Waals surface area contributed by atoms with Gasteiger partial charge in [0.05, 0.1) is 16.9 Å². The third kappa shape index (κ3) is 2.22. The van der Waals surface area contributed by atoms with Crippen molar-refractivity contribution in [3.8, 4) is 6.07 Å². The molecule has 0 amide bonds. The highest BCUT2D eigenvalue weighted by molar-refractivity contribution is 7.85. The maximum atomic E-state index is 12.4. The van der Waals surface area contributed by atoms with Gasteiger partial charge in [-0.15, -0.1) is 0 Å². The first-order chi connectivity index (χ1) is 8.72. The molecule has 0 heterocycles. The summed E-state index contributed by atoms with van der Waals surface area (Å²) in [6, 6.07) is 8.52. The van der Waals surface area contributed by atoms with Gasteiger partial charge in [0.15, 0.2) is 0 Å². The van der Waals surface area contributed by atoms with Gasteiger partial charge in [-0.05, 0) is 60.8 Å². The van der Waals surface area contributed by atoms with E-state index in [0.29, 0.717) is 12.2 Å². The topological polar surface area (TPSA) is 40.9 Å². The molecule has 2 nitrogen and oxygen atoms in total. The first-order valence-corrected chi connectivity index (χ1v) is 7.91. The Morgan fingerprint density at radius 1 is 1.28 bits per heavy atom. The van der Waals surface area contributed by atoms with Gasteiger partial charge >= 0.3 is 0 Å². The zero-order valence-electron chi connectivity index (χ0n) is 10.4. The Labute approximate surface area is 110 Å². The Bertz CT molecular complexity index is 540. The number of hydrogen-bond donors (Lipinski definition) is 0. The van der Waals surface area contributed by atoms with Crippen LogP contribution in [0.15, 0.2) is 23.1 Å². The molecular weight excluding hydrogens is 242 g/mol. The van der Waals surface area contributed by atoms with Crippen molar-refractivity contribution >= 4 is 10.8 Å². The smallest absolute Gasteiger partial charge is 0.0627 e. The van der Waals surface area contributed by atoms with Crippen molar-refractivity contribution in [3.05, 3.63) is 29.3 Å². The Kier molecular flexibility index (Phi) is 2.99. The number of nitrogens with zero attached hydrogens (tertiary/aromatic N) is 1. The molecule has 0 aromatic heterocycles. The van der Waals surface area contributed by atoms with E-state index in [1.807, 2.05) is 6.07 Å². The first-order valence-electron chi connectivity index (χ1n) is 6.60. The summed E-state index contributed by atoms with van der Waals surface area (Å²) in [7, 11) is -0.935. The van der Waals surface area contributed by atoms with E-state index in [1.54, 1.807) is 0 Å². The van der Waals surface area contributed by atoms with Crippen LogP contribution in [-0.4, -0.2) is 9.96 Å². The minimum Gasteiger partial charge on any atom is -0.254 e. The molecule has 0 bridgehead atoms. The monoisotopic (exact) mass is 259 g/mol. The van der Waals surface area contributed by atoms with Gasteiger partial charge in [-0.2, -0.15) is 5.26 Å². The van der Waals surface area contributed by atoms with Gasteiger partial charge in [-0.1, -0.05) is 6.07 Å². The highest BCUT2D eigenvalue weighted by Crippen LogP contribution is 2.49. The lowest BCUT2D eigenvalue weighted by Gasteiger charge is -2.11. The second-order valence-electron chi connectivity index (χ2n) is 5.61. The normalized spacial score (nSPS) is 21.1. The third-order valence-corrected chi connectivity index (χ3v) is 5.84. The van der Waals surface area contributed by atoms with Crippen molar-refractivity contribution in [2.24, 2.45) is 5.41 Å². The molecule has 2 aliphatic rings. The van der Waals surface area contributed by atoms with Gasteiger partial charge in [-0.3, -0.25) is 4.21 Å². The summed E-state index contributed by atoms with van der Waals surface area (Å²) in [5.41, 5.74) is 2.87. The molecule has 3 rings (SSSR count). The third-order valence-electron chi connectivity index (χ3n) is 4.18. The van der Waals surface area contributed by atoms with Crippen molar-refractivity contribution in [2.75, 3.05) is 5.75 Å². The molecule has 0 spiro atoms. The summed E-state index contributed by atoms with van der Waals surface area (Å²) in [4.78, 5) is 0.958. The van der Waals surface area contributed by atoms with Crippen molar-refractivity contribution < 1.29 is 4.21 Å². The number of fused-ring (bicyclic) bond motifs is 1. The molecule has 1 aromatic rings. The van der Waals surface area contributed by atoms with Crippen molar-refractivity contribution in [2.45, 2.75) is 43.4 Å². The number of benzene rings is 1. The van der Waals surface area contributed by atoms with Crippen molar-refractivity contribution in [1.29, 1.82) is 5.26 Å². The lowest BCUT2D eigenvalue weighted by molar-refractivity contribution is 0.587. The minimum atomic E-state index is -0.935. The second-order valence-corrected chi connectivity index (χ2v) is 7.06. The van der Waals surface area contributed by atoms with Crippen LogP contribution in [-0.2, 0) is 23.6 Å². The Hall–Kier alpha value is -1.14. The zero-order valence-corrected chi connectivity index (χ0v) is 11.3. The minimum absolute atomic E-state index is 0.0681. The summed E-state index contributed by atoms with van der Waals surface area (Å²) >= 11 is 0. The molecule has 1 unspecified atom stereocenters. The molecule has 2 aliphatic carbocycles. The molecule has 0 saturated heterocycles.